The molecule has 0 aliphatic rings. The van der Waals surface area contributed by atoms with Gasteiger partial charge in [-0.15, -0.1) is 0 Å². The summed E-state index contributed by atoms with van der Waals surface area (Å²) >= 11 is 2.10. The number of hydrogen-bond acceptors (Lipinski definition) is 5. The average molecular weight is 356 g/mol. The highest BCUT2D eigenvalue weighted by Gasteiger charge is 2.12. The van der Waals surface area contributed by atoms with Gasteiger partial charge in [-0.1, -0.05) is 0 Å². The molecule has 1 heterocycles. The highest BCUT2D eigenvalue weighted by molar-refractivity contribution is 14.1. The van der Waals surface area contributed by atoms with Crippen molar-refractivity contribution in [3.05, 3.63) is 16.0 Å². The maximum absolute atomic E-state index is 11.4. The molecule has 0 aliphatic heterocycles. The maximum atomic E-state index is 11.4. The zero-order valence-corrected chi connectivity index (χ0v) is 12.0. The minimum Gasteiger partial charge on any atom is -0.353 e. The van der Waals surface area contributed by atoms with Gasteiger partial charge in [0.2, 0.25) is 16.0 Å². The minimum absolute atomic E-state index is 0.0232. The summed E-state index contributed by atoms with van der Waals surface area (Å²) in [5.74, 6) is 0.462. The van der Waals surface area contributed by atoms with E-state index in [0.29, 0.717) is 12.5 Å². The molecule has 16 heavy (non-hydrogen) atoms. The SMILES string of the molecule is CN(C)S(=O)(=O)CCNc1ncc(I)cn1. The lowest BCUT2D eigenvalue weighted by atomic mass is 10.6. The van der Waals surface area contributed by atoms with E-state index in [9.17, 15) is 8.42 Å². The van der Waals surface area contributed by atoms with Crippen molar-refractivity contribution in [1.82, 2.24) is 14.3 Å². The Labute approximate surface area is 109 Å². The lowest BCUT2D eigenvalue weighted by molar-refractivity contribution is 0.521. The van der Waals surface area contributed by atoms with Crippen molar-refractivity contribution >= 4 is 38.6 Å². The van der Waals surface area contributed by atoms with E-state index >= 15 is 0 Å². The van der Waals surface area contributed by atoms with E-state index in [1.807, 2.05) is 0 Å². The maximum Gasteiger partial charge on any atom is 0.222 e. The van der Waals surface area contributed by atoms with Gasteiger partial charge in [0, 0.05) is 36.6 Å². The summed E-state index contributed by atoms with van der Waals surface area (Å²) < 4.78 is 25.0. The number of sulfonamides is 1. The zero-order chi connectivity index (χ0) is 12.2. The molecule has 0 aromatic carbocycles. The van der Waals surface area contributed by atoms with Gasteiger partial charge < -0.3 is 5.32 Å². The van der Waals surface area contributed by atoms with Gasteiger partial charge in [0.1, 0.15) is 0 Å². The van der Waals surface area contributed by atoms with Crippen LogP contribution in [-0.2, 0) is 10.0 Å². The number of nitrogens with one attached hydrogen (secondary N) is 1. The number of aromatic nitrogens is 2. The summed E-state index contributed by atoms with van der Waals surface area (Å²) in [6.07, 6.45) is 3.33. The molecule has 0 unspecified atom stereocenters. The molecule has 1 rings (SSSR count). The Balaban J connectivity index is 2.45. The number of hydrogen-bond donors (Lipinski definition) is 1. The second kappa shape index (κ2) is 5.73. The highest BCUT2D eigenvalue weighted by Crippen LogP contribution is 2.02. The fourth-order valence-corrected chi connectivity index (χ4v) is 1.88. The molecule has 0 aliphatic carbocycles. The van der Waals surface area contributed by atoms with Crippen molar-refractivity contribution in [3.8, 4) is 0 Å². The first-order valence-electron chi connectivity index (χ1n) is 4.53. The van der Waals surface area contributed by atoms with Crippen LogP contribution in [0.15, 0.2) is 12.4 Å². The van der Waals surface area contributed by atoms with Crippen LogP contribution in [0.1, 0.15) is 0 Å². The molecule has 0 saturated carbocycles. The van der Waals surface area contributed by atoms with Gasteiger partial charge in [0.15, 0.2) is 0 Å². The molecule has 0 fully saturated rings. The van der Waals surface area contributed by atoms with Crippen molar-refractivity contribution in [2.75, 3.05) is 31.7 Å². The standard InChI is InChI=1S/C8H13IN4O2S/c1-13(2)16(14,15)4-3-10-8-11-5-7(9)6-12-8/h5-6H,3-4H2,1-2H3,(H,10,11,12). The van der Waals surface area contributed by atoms with Crippen LogP contribution in [-0.4, -0.2) is 49.1 Å². The van der Waals surface area contributed by atoms with E-state index in [-0.39, 0.29) is 5.75 Å². The van der Waals surface area contributed by atoms with Crippen molar-refractivity contribution in [3.63, 3.8) is 0 Å². The minimum atomic E-state index is -3.16. The predicted octanol–water partition coefficient (Wildman–Crippen LogP) is 0.385. The monoisotopic (exact) mass is 356 g/mol. The molecular formula is C8H13IN4O2S. The first-order chi connectivity index (χ1) is 7.42. The Kier molecular flexibility index (Phi) is 4.87. The van der Waals surface area contributed by atoms with Gasteiger partial charge in [0.25, 0.3) is 0 Å². The lowest BCUT2D eigenvalue weighted by Crippen LogP contribution is -2.28. The van der Waals surface area contributed by atoms with Gasteiger partial charge in [-0.25, -0.2) is 22.7 Å². The number of rotatable bonds is 5. The molecule has 0 radical (unpaired) electrons. The van der Waals surface area contributed by atoms with Crippen LogP contribution in [0, 0.1) is 3.57 Å². The summed E-state index contributed by atoms with van der Waals surface area (Å²) in [6.45, 7) is 0.293. The molecule has 1 N–H and O–H groups in total. The molecule has 0 atom stereocenters. The molecule has 0 spiro atoms. The molecule has 0 bridgehead atoms. The number of anilines is 1. The highest BCUT2D eigenvalue weighted by atomic mass is 127. The summed E-state index contributed by atoms with van der Waals surface area (Å²) in [5.41, 5.74) is 0. The van der Waals surface area contributed by atoms with Gasteiger partial charge in [-0.3, -0.25) is 0 Å². The second-order valence-electron chi connectivity index (χ2n) is 3.25. The van der Waals surface area contributed by atoms with Crippen LogP contribution in [0.2, 0.25) is 0 Å². The predicted molar refractivity (Wildman–Crippen MR) is 70.7 cm³/mol. The van der Waals surface area contributed by atoms with Crippen molar-refractivity contribution in [2.24, 2.45) is 0 Å². The van der Waals surface area contributed by atoms with E-state index in [0.717, 1.165) is 3.57 Å². The molecule has 0 saturated heterocycles. The Bertz CT molecular complexity index is 432. The summed E-state index contributed by atoms with van der Waals surface area (Å²) in [5, 5.41) is 2.85. The Hall–Kier alpha value is -0.480. The molecule has 1 aromatic heterocycles. The molecule has 0 amide bonds. The van der Waals surface area contributed by atoms with Crippen molar-refractivity contribution in [2.45, 2.75) is 0 Å². The smallest absolute Gasteiger partial charge is 0.222 e. The Morgan fingerprint density at radius 3 is 2.44 bits per heavy atom. The van der Waals surface area contributed by atoms with Crippen LogP contribution in [0.3, 0.4) is 0 Å². The van der Waals surface area contributed by atoms with Crippen LogP contribution in [0.5, 0.6) is 0 Å². The largest absolute Gasteiger partial charge is 0.353 e. The third-order valence-corrected chi connectivity index (χ3v) is 4.21. The molecule has 1 aromatic rings. The fourth-order valence-electron chi connectivity index (χ4n) is 0.878. The summed E-state index contributed by atoms with van der Waals surface area (Å²) in [6, 6.07) is 0. The molecule has 6 nitrogen and oxygen atoms in total. The van der Waals surface area contributed by atoms with Gasteiger partial charge in [0.05, 0.1) is 5.75 Å². The summed E-state index contributed by atoms with van der Waals surface area (Å²) in [7, 11) is -0.141. The van der Waals surface area contributed by atoms with E-state index in [2.05, 4.69) is 37.9 Å². The number of nitrogens with zero attached hydrogens (tertiary/aromatic N) is 3. The van der Waals surface area contributed by atoms with Crippen LogP contribution >= 0.6 is 22.6 Å². The van der Waals surface area contributed by atoms with E-state index in [1.54, 1.807) is 12.4 Å². The zero-order valence-electron chi connectivity index (χ0n) is 9.01. The Morgan fingerprint density at radius 1 is 1.38 bits per heavy atom. The second-order valence-corrected chi connectivity index (χ2v) is 6.80. The molecule has 8 heteroatoms. The normalized spacial score (nSPS) is 11.8. The Morgan fingerprint density at radius 2 is 1.94 bits per heavy atom. The van der Waals surface area contributed by atoms with E-state index < -0.39 is 10.0 Å². The summed E-state index contributed by atoms with van der Waals surface area (Å²) in [4.78, 5) is 8.01. The first-order valence-corrected chi connectivity index (χ1v) is 7.22. The third-order valence-electron chi connectivity index (χ3n) is 1.82. The van der Waals surface area contributed by atoms with Crippen LogP contribution < -0.4 is 5.32 Å². The topological polar surface area (TPSA) is 75.2 Å². The van der Waals surface area contributed by atoms with Crippen molar-refractivity contribution < 1.29 is 8.42 Å². The lowest BCUT2D eigenvalue weighted by Gasteiger charge is -2.11. The number of halogens is 1. The van der Waals surface area contributed by atoms with Crippen molar-refractivity contribution in [1.29, 1.82) is 0 Å². The first kappa shape index (κ1) is 13.6. The molecular weight excluding hydrogens is 343 g/mol. The fraction of sp³-hybridized carbons (Fsp3) is 0.500. The van der Waals surface area contributed by atoms with Crippen LogP contribution in [0.4, 0.5) is 5.95 Å². The van der Waals surface area contributed by atoms with Gasteiger partial charge >= 0.3 is 0 Å². The molecule has 90 valence electrons. The quantitative estimate of drug-likeness (QED) is 0.773. The van der Waals surface area contributed by atoms with Gasteiger partial charge in [-0.2, -0.15) is 0 Å². The van der Waals surface area contributed by atoms with E-state index in [1.165, 1.54) is 18.4 Å². The van der Waals surface area contributed by atoms with Gasteiger partial charge in [-0.05, 0) is 22.6 Å². The third kappa shape index (κ3) is 4.18. The average Bonchev–Trinajstić information content (AvgIpc) is 2.20. The van der Waals surface area contributed by atoms with Crippen LogP contribution in [0.25, 0.3) is 0 Å². The van der Waals surface area contributed by atoms with E-state index in [4.69, 9.17) is 0 Å².